The standard InChI is InChI=1S/C10H12Cl2N4O2/c1-17-9-8(12)10(16-5-15-9)18-4-6(13)2-3-7(11)14/h2-3,5H,4,13-14H2,1H3/b6-2-,7-3-. The van der Waals surface area contributed by atoms with Gasteiger partial charge >= 0.3 is 0 Å². The van der Waals surface area contributed by atoms with Crippen molar-refractivity contribution >= 4 is 23.2 Å². The van der Waals surface area contributed by atoms with Crippen LogP contribution in [0.5, 0.6) is 11.8 Å². The largest absolute Gasteiger partial charge is 0.480 e. The van der Waals surface area contributed by atoms with Gasteiger partial charge in [-0.15, -0.1) is 0 Å². The minimum absolute atomic E-state index is 0.0839. The van der Waals surface area contributed by atoms with Gasteiger partial charge in [0.05, 0.1) is 12.3 Å². The second kappa shape index (κ2) is 6.93. The molecule has 4 N–H and O–H groups in total. The van der Waals surface area contributed by atoms with E-state index in [0.717, 1.165) is 0 Å². The number of hydrogen-bond acceptors (Lipinski definition) is 6. The third kappa shape index (κ3) is 4.31. The summed E-state index contributed by atoms with van der Waals surface area (Å²) in [5, 5.41) is 0.305. The molecule has 8 heteroatoms. The molecule has 98 valence electrons. The van der Waals surface area contributed by atoms with E-state index in [4.69, 9.17) is 44.1 Å². The minimum atomic E-state index is 0.0839. The van der Waals surface area contributed by atoms with E-state index < -0.39 is 0 Å². The summed E-state index contributed by atoms with van der Waals surface area (Å²) in [5.74, 6) is 0.414. The van der Waals surface area contributed by atoms with Crippen LogP contribution in [0.15, 0.2) is 29.3 Å². The van der Waals surface area contributed by atoms with Crippen molar-refractivity contribution in [3.8, 4) is 11.8 Å². The molecule has 0 aliphatic heterocycles. The molecular formula is C10H12Cl2N4O2. The van der Waals surface area contributed by atoms with Gasteiger partial charge in [-0.1, -0.05) is 23.2 Å². The van der Waals surface area contributed by atoms with E-state index in [1.54, 1.807) is 0 Å². The minimum Gasteiger partial charge on any atom is -0.480 e. The average molecular weight is 291 g/mol. The molecule has 0 fully saturated rings. The molecule has 0 saturated heterocycles. The van der Waals surface area contributed by atoms with Gasteiger partial charge < -0.3 is 20.9 Å². The molecule has 6 nitrogen and oxygen atoms in total. The SMILES string of the molecule is COc1ncnc(OC/C(N)=C/C=C(\N)Cl)c1Cl. The molecular weight excluding hydrogens is 279 g/mol. The summed E-state index contributed by atoms with van der Waals surface area (Å²) in [4.78, 5) is 7.67. The first-order valence-corrected chi connectivity index (χ1v) is 5.54. The van der Waals surface area contributed by atoms with Crippen LogP contribution in [0.3, 0.4) is 0 Å². The normalized spacial score (nSPS) is 12.4. The molecule has 0 atom stereocenters. The molecule has 0 aliphatic rings. The number of aromatic nitrogens is 2. The third-order valence-corrected chi connectivity index (χ3v) is 2.20. The smallest absolute Gasteiger partial charge is 0.240 e. The molecule has 0 spiro atoms. The summed E-state index contributed by atoms with van der Waals surface area (Å²) >= 11 is 11.4. The molecule has 0 saturated carbocycles. The number of halogens is 2. The number of rotatable bonds is 5. The first kappa shape index (κ1) is 14.4. The second-order valence-corrected chi connectivity index (χ2v) is 3.90. The topological polar surface area (TPSA) is 96.3 Å². The molecule has 1 aromatic heterocycles. The Balaban J connectivity index is 2.69. The predicted molar refractivity (Wildman–Crippen MR) is 69.5 cm³/mol. The van der Waals surface area contributed by atoms with E-state index in [1.165, 1.54) is 25.6 Å². The number of ether oxygens (including phenoxy) is 2. The van der Waals surface area contributed by atoms with Crippen LogP contribution in [0.4, 0.5) is 0 Å². The quantitative estimate of drug-likeness (QED) is 0.628. The fourth-order valence-corrected chi connectivity index (χ4v) is 1.26. The molecule has 0 aliphatic carbocycles. The van der Waals surface area contributed by atoms with Crippen LogP contribution in [-0.4, -0.2) is 23.7 Å². The summed E-state index contributed by atoms with van der Waals surface area (Å²) in [5.41, 5.74) is 11.3. The van der Waals surface area contributed by atoms with Gasteiger partial charge in [0, 0.05) is 5.70 Å². The van der Waals surface area contributed by atoms with Crippen molar-refractivity contribution in [3.63, 3.8) is 0 Å². The number of hydrogen-bond donors (Lipinski definition) is 2. The maximum atomic E-state index is 5.93. The fourth-order valence-electron chi connectivity index (χ4n) is 0.968. The summed E-state index contributed by atoms with van der Waals surface area (Å²) in [6.45, 7) is 0.0839. The van der Waals surface area contributed by atoms with E-state index in [0.29, 0.717) is 5.70 Å². The molecule has 0 amide bonds. The highest BCUT2D eigenvalue weighted by Gasteiger charge is 2.10. The Kier molecular flexibility index (Phi) is 5.54. The zero-order chi connectivity index (χ0) is 13.5. The van der Waals surface area contributed by atoms with Crippen molar-refractivity contribution in [2.75, 3.05) is 13.7 Å². The van der Waals surface area contributed by atoms with Gasteiger partial charge in [-0.2, -0.15) is 0 Å². The maximum Gasteiger partial charge on any atom is 0.240 e. The lowest BCUT2D eigenvalue weighted by molar-refractivity contribution is 0.329. The van der Waals surface area contributed by atoms with Crippen LogP contribution in [0.2, 0.25) is 5.02 Å². The monoisotopic (exact) mass is 290 g/mol. The van der Waals surface area contributed by atoms with Crippen molar-refractivity contribution in [3.05, 3.63) is 34.4 Å². The number of allylic oxidation sites excluding steroid dienone is 2. The van der Waals surface area contributed by atoms with Crippen LogP contribution in [-0.2, 0) is 0 Å². The molecule has 0 aromatic carbocycles. The Labute approximate surface area is 114 Å². The van der Waals surface area contributed by atoms with E-state index in [-0.39, 0.29) is 28.5 Å². The zero-order valence-electron chi connectivity index (χ0n) is 9.56. The third-order valence-electron chi connectivity index (χ3n) is 1.75. The van der Waals surface area contributed by atoms with Crippen molar-refractivity contribution < 1.29 is 9.47 Å². The molecule has 1 rings (SSSR count). The summed E-state index contributed by atoms with van der Waals surface area (Å²) in [7, 11) is 1.44. The zero-order valence-corrected chi connectivity index (χ0v) is 11.1. The highest BCUT2D eigenvalue weighted by Crippen LogP contribution is 2.29. The number of nitrogens with zero attached hydrogens (tertiary/aromatic N) is 2. The summed E-state index contributed by atoms with van der Waals surface area (Å²) < 4.78 is 10.2. The average Bonchev–Trinajstić information content (AvgIpc) is 2.35. The highest BCUT2D eigenvalue weighted by molar-refractivity contribution is 6.33. The Bertz CT molecular complexity index is 473. The second-order valence-electron chi connectivity index (χ2n) is 3.08. The Morgan fingerprint density at radius 1 is 1.33 bits per heavy atom. The first-order valence-electron chi connectivity index (χ1n) is 4.79. The van der Waals surface area contributed by atoms with Gasteiger partial charge in [-0.05, 0) is 12.2 Å². The van der Waals surface area contributed by atoms with E-state index in [9.17, 15) is 0 Å². The van der Waals surface area contributed by atoms with Crippen LogP contribution in [0, 0.1) is 0 Å². The molecule has 0 unspecified atom stereocenters. The fraction of sp³-hybridized carbons (Fsp3) is 0.200. The van der Waals surface area contributed by atoms with E-state index in [2.05, 4.69) is 9.97 Å². The van der Waals surface area contributed by atoms with Crippen molar-refractivity contribution in [2.24, 2.45) is 11.5 Å². The Hall–Kier alpha value is -1.66. The van der Waals surface area contributed by atoms with E-state index in [1.807, 2.05) is 0 Å². The Morgan fingerprint density at radius 3 is 2.61 bits per heavy atom. The molecule has 0 bridgehead atoms. The number of methoxy groups -OCH3 is 1. The van der Waals surface area contributed by atoms with Crippen molar-refractivity contribution in [1.82, 2.24) is 9.97 Å². The first-order chi connectivity index (χ1) is 8.54. The van der Waals surface area contributed by atoms with E-state index >= 15 is 0 Å². The number of nitrogens with two attached hydrogens (primary N) is 2. The van der Waals surface area contributed by atoms with Gasteiger partial charge in [0.15, 0.2) is 5.02 Å². The maximum absolute atomic E-state index is 5.93. The molecule has 1 aromatic rings. The van der Waals surface area contributed by atoms with Gasteiger partial charge in [-0.3, -0.25) is 0 Å². The highest BCUT2D eigenvalue weighted by atomic mass is 35.5. The van der Waals surface area contributed by atoms with Crippen LogP contribution in [0.25, 0.3) is 0 Å². The Morgan fingerprint density at radius 2 is 2.00 bits per heavy atom. The molecule has 0 radical (unpaired) electrons. The van der Waals surface area contributed by atoms with Gasteiger partial charge in [0.2, 0.25) is 11.8 Å². The van der Waals surface area contributed by atoms with Crippen LogP contribution >= 0.6 is 23.2 Å². The van der Waals surface area contributed by atoms with Crippen molar-refractivity contribution in [2.45, 2.75) is 0 Å². The van der Waals surface area contributed by atoms with Gasteiger partial charge in [0.25, 0.3) is 0 Å². The van der Waals surface area contributed by atoms with Crippen LogP contribution in [0.1, 0.15) is 0 Å². The lowest BCUT2D eigenvalue weighted by atomic mass is 10.4. The lowest BCUT2D eigenvalue weighted by Gasteiger charge is -2.08. The van der Waals surface area contributed by atoms with Gasteiger partial charge in [0.1, 0.15) is 12.9 Å². The lowest BCUT2D eigenvalue weighted by Crippen LogP contribution is -2.10. The molecule has 1 heterocycles. The summed E-state index contributed by atoms with van der Waals surface area (Å²) in [6.07, 6.45) is 4.24. The summed E-state index contributed by atoms with van der Waals surface area (Å²) in [6, 6.07) is 0. The van der Waals surface area contributed by atoms with Crippen molar-refractivity contribution in [1.29, 1.82) is 0 Å². The van der Waals surface area contributed by atoms with Crippen LogP contribution < -0.4 is 20.9 Å². The van der Waals surface area contributed by atoms with Gasteiger partial charge in [-0.25, -0.2) is 9.97 Å². The molecule has 18 heavy (non-hydrogen) atoms. The predicted octanol–water partition coefficient (Wildman–Crippen LogP) is 1.40.